The predicted octanol–water partition coefficient (Wildman–Crippen LogP) is 6.47. The molecule has 0 rings (SSSR count). The quantitative estimate of drug-likeness (QED) is 0.223. The van der Waals surface area contributed by atoms with Crippen LogP contribution < -0.4 is 0 Å². The summed E-state index contributed by atoms with van der Waals surface area (Å²) in [6.07, 6.45) is 22.1. The SMILES string of the molecule is CCCCCCCC/C=C\CCCCCCC(C)OCC[O]. The molecule has 0 saturated heterocycles. The van der Waals surface area contributed by atoms with Crippen molar-refractivity contribution < 1.29 is 9.84 Å². The summed E-state index contributed by atoms with van der Waals surface area (Å²) in [5.74, 6) is 0. The Morgan fingerprint density at radius 2 is 1.36 bits per heavy atom. The number of unbranched alkanes of at least 4 members (excludes halogenated alkanes) is 10. The Bertz CT molecular complexity index is 226. The third-order valence-corrected chi connectivity index (χ3v) is 4.11. The van der Waals surface area contributed by atoms with E-state index >= 15 is 0 Å². The predicted molar refractivity (Wildman–Crippen MR) is 95.8 cm³/mol. The number of hydrogen-bond donors (Lipinski definition) is 0. The van der Waals surface area contributed by atoms with E-state index < -0.39 is 0 Å². The zero-order chi connectivity index (χ0) is 16.3. The van der Waals surface area contributed by atoms with Gasteiger partial charge in [0, 0.05) is 0 Å². The van der Waals surface area contributed by atoms with Crippen LogP contribution in [0.4, 0.5) is 0 Å². The molecule has 131 valence electrons. The largest absolute Gasteiger partial charge is 0.376 e. The molecule has 0 spiro atoms. The van der Waals surface area contributed by atoms with Crippen LogP contribution in [-0.2, 0) is 9.84 Å². The molecule has 2 heteroatoms. The van der Waals surface area contributed by atoms with Crippen LogP contribution >= 0.6 is 0 Å². The average molecular weight is 312 g/mol. The molecule has 0 aromatic carbocycles. The van der Waals surface area contributed by atoms with Crippen molar-refractivity contribution in [3.63, 3.8) is 0 Å². The number of rotatable bonds is 17. The Labute approximate surface area is 139 Å². The second kappa shape index (κ2) is 18.7. The van der Waals surface area contributed by atoms with Crippen molar-refractivity contribution >= 4 is 0 Å². The second-order valence-corrected chi connectivity index (χ2v) is 6.40. The van der Waals surface area contributed by atoms with Gasteiger partial charge in [-0.25, -0.2) is 5.11 Å². The van der Waals surface area contributed by atoms with Crippen LogP contribution in [-0.4, -0.2) is 19.3 Å². The van der Waals surface area contributed by atoms with Gasteiger partial charge in [0.15, 0.2) is 0 Å². The van der Waals surface area contributed by atoms with Crippen molar-refractivity contribution in [2.45, 2.75) is 103 Å². The van der Waals surface area contributed by atoms with Crippen molar-refractivity contribution in [1.29, 1.82) is 0 Å². The lowest BCUT2D eigenvalue weighted by Gasteiger charge is -2.11. The summed E-state index contributed by atoms with van der Waals surface area (Å²) < 4.78 is 5.38. The van der Waals surface area contributed by atoms with Gasteiger partial charge in [0.05, 0.1) is 12.7 Å². The van der Waals surface area contributed by atoms with Gasteiger partial charge < -0.3 is 4.74 Å². The maximum atomic E-state index is 10.3. The lowest BCUT2D eigenvalue weighted by Crippen LogP contribution is -2.10. The Morgan fingerprint density at radius 3 is 1.95 bits per heavy atom. The zero-order valence-corrected chi connectivity index (χ0v) is 15.2. The topological polar surface area (TPSA) is 29.1 Å². The summed E-state index contributed by atoms with van der Waals surface area (Å²) in [6.45, 7) is 4.59. The van der Waals surface area contributed by atoms with Crippen LogP contribution in [0, 0.1) is 0 Å². The molecule has 0 bridgehead atoms. The summed E-state index contributed by atoms with van der Waals surface area (Å²) >= 11 is 0. The molecule has 0 aromatic heterocycles. The van der Waals surface area contributed by atoms with Crippen LogP contribution in [0.15, 0.2) is 12.2 Å². The van der Waals surface area contributed by atoms with Gasteiger partial charge in [-0.3, -0.25) is 0 Å². The molecular formula is C20H39O2. The van der Waals surface area contributed by atoms with Crippen LogP contribution in [0.3, 0.4) is 0 Å². The van der Waals surface area contributed by atoms with E-state index in [0.717, 1.165) is 6.42 Å². The third-order valence-electron chi connectivity index (χ3n) is 4.11. The lowest BCUT2D eigenvalue weighted by molar-refractivity contribution is 0.0162. The van der Waals surface area contributed by atoms with Gasteiger partial charge in [0.2, 0.25) is 0 Å². The number of allylic oxidation sites excluding steroid dienone is 2. The van der Waals surface area contributed by atoms with E-state index in [1.54, 1.807) is 0 Å². The molecule has 0 amide bonds. The average Bonchev–Trinajstić information content (AvgIpc) is 2.53. The number of ether oxygens (including phenoxy) is 1. The number of hydrogen-bond acceptors (Lipinski definition) is 1. The molecule has 0 aliphatic heterocycles. The minimum absolute atomic E-state index is 0.116. The van der Waals surface area contributed by atoms with E-state index in [-0.39, 0.29) is 12.7 Å². The molecule has 0 aliphatic carbocycles. The highest BCUT2D eigenvalue weighted by atomic mass is 16.5. The zero-order valence-electron chi connectivity index (χ0n) is 15.2. The molecule has 0 saturated carbocycles. The van der Waals surface area contributed by atoms with Crippen molar-refractivity contribution in [3.05, 3.63) is 12.2 Å². The van der Waals surface area contributed by atoms with Gasteiger partial charge in [-0.15, -0.1) is 0 Å². The lowest BCUT2D eigenvalue weighted by atomic mass is 10.1. The maximum Gasteiger partial charge on any atom is 0.106 e. The molecule has 0 heterocycles. The Hall–Kier alpha value is -0.340. The molecule has 1 radical (unpaired) electrons. The fraction of sp³-hybridized carbons (Fsp3) is 0.900. The van der Waals surface area contributed by atoms with E-state index in [0.29, 0.717) is 6.61 Å². The second-order valence-electron chi connectivity index (χ2n) is 6.40. The first-order valence-corrected chi connectivity index (χ1v) is 9.66. The van der Waals surface area contributed by atoms with Crippen molar-refractivity contribution in [2.24, 2.45) is 0 Å². The summed E-state index contributed by atoms with van der Waals surface area (Å²) in [5, 5.41) is 10.3. The van der Waals surface area contributed by atoms with Gasteiger partial charge in [-0.05, 0) is 39.0 Å². The van der Waals surface area contributed by atoms with Gasteiger partial charge in [-0.1, -0.05) is 70.4 Å². The Kier molecular flexibility index (Phi) is 18.4. The Morgan fingerprint density at radius 1 is 0.818 bits per heavy atom. The van der Waals surface area contributed by atoms with Gasteiger partial charge in [-0.2, -0.15) is 0 Å². The van der Waals surface area contributed by atoms with Gasteiger partial charge in [0.1, 0.15) is 6.61 Å². The molecule has 1 atom stereocenters. The van der Waals surface area contributed by atoms with E-state index in [9.17, 15) is 5.11 Å². The van der Waals surface area contributed by atoms with Crippen LogP contribution in [0.25, 0.3) is 0 Å². The highest BCUT2D eigenvalue weighted by Gasteiger charge is 2.01. The molecule has 2 nitrogen and oxygen atoms in total. The van der Waals surface area contributed by atoms with E-state index in [1.807, 2.05) is 0 Å². The third kappa shape index (κ3) is 17.7. The van der Waals surface area contributed by atoms with E-state index in [1.165, 1.54) is 77.0 Å². The molecule has 0 aromatic rings. The fourth-order valence-corrected chi connectivity index (χ4v) is 2.66. The fourth-order valence-electron chi connectivity index (χ4n) is 2.66. The first-order chi connectivity index (χ1) is 10.8. The van der Waals surface area contributed by atoms with Gasteiger partial charge in [0.25, 0.3) is 0 Å². The monoisotopic (exact) mass is 311 g/mol. The normalized spacial score (nSPS) is 13.0. The molecule has 1 unspecified atom stereocenters. The van der Waals surface area contributed by atoms with Crippen molar-refractivity contribution in [3.8, 4) is 0 Å². The Balaban J connectivity index is 3.14. The van der Waals surface area contributed by atoms with Crippen molar-refractivity contribution in [1.82, 2.24) is 0 Å². The highest BCUT2D eigenvalue weighted by molar-refractivity contribution is 4.81. The minimum Gasteiger partial charge on any atom is -0.376 e. The first-order valence-electron chi connectivity index (χ1n) is 9.66. The molecule has 22 heavy (non-hydrogen) atoms. The van der Waals surface area contributed by atoms with Gasteiger partial charge >= 0.3 is 0 Å². The maximum absolute atomic E-state index is 10.3. The molecular weight excluding hydrogens is 272 g/mol. The van der Waals surface area contributed by atoms with E-state index in [2.05, 4.69) is 26.0 Å². The minimum atomic E-state index is -0.116. The van der Waals surface area contributed by atoms with Crippen LogP contribution in [0.1, 0.15) is 97.3 Å². The molecule has 0 aliphatic rings. The summed E-state index contributed by atoms with van der Waals surface area (Å²) in [5.41, 5.74) is 0. The first kappa shape index (κ1) is 21.7. The summed E-state index contributed by atoms with van der Waals surface area (Å²) in [7, 11) is 0. The molecule has 0 fully saturated rings. The summed E-state index contributed by atoms with van der Waals surface area (Å²) in [6, 6.07) is 0. The van der Waals surface area contributed by atoms with Crippen LogP contribution in [0.2, 0.25) is 0 Å². The highest BCUT2D eigenvalue weighted by Crippen LogP contribution is 2.10. The van der Waals surface area contributed by atoms with Crippen molar-refractivity contribution in [2.75, 3.05) is 13.2 Å². The molecule has 0 N–H and O–H groups in total. The standard InChI is InChI=1S/C20H39O2/c1-3-4-5-6-7-8-9-10-11-12-13-14-15-16-17-20(2)22-19-18-21/h10-11,20H,3-9,12-19H2,1-2H3/b11-10-. The smallest absolute Gasteiger partial charge is 0.106 e. The van der Waals surface area contributed by atoms with E-state index in [4.69, 9.17) is 4.74 Å². The van der Waals surface area contributed by atoms with Crippen LogP contribution in [0.5, 0.6) is 0 Å². The summed E-state index contributed by atoms with van der Waals surface area (Å²) in [4.78, 5) is 0.